The lowest BCUT2D eigenvalue weighted by Crippen LogP contribution is -2.08. The number of benzene rings is 1. The fraction of sp³-hybridized carbons (Fsp3) is 0.538. The maximum absolute atomic E-state index is 13.4. The van der Waals surface area contributed by atoms with Crippen molar-refractivity contribution in [2.24, 2.45) is 5.92 Å². The maximum atomic E-state index is 13.4. The zero-order valence-corrected chi connectivity index (χ0v) is 9.43. The van der Waals surface area contributed by atoms with E-state index >= 15 is 0 Å². The van der Waals surface area contributed by atoms with E-state index in [1.54, 1.807) is 0 Å². The van der Waals surface area contributed by atoms with E-state index in [2.05, 4.69) is 0 Å². The molecule has 1 aliphatic carbocycles. The fourth-order valence-electron chi connectivity index (χ4n) is 2.49. The molecule has 1 aromatic carbocycles. The molecule has 4 heteroatoms. The van der Waals surface area contributed by atoms with E-state index < -0.39 is 23.6 Å². The second-order valence-electron chi connectivity index (χ2n) is 4.67. The molecule has 0 spiro atoms. The van der Waals surface area contributed by atoms with Crippen LogP contribution in [0.2, 0.25) is 0 Å². The molecule has 0 aliphatic heterocycles. The Bertz CT molecular complexity index is 400. The van der Waals surface area contributed by atoms with E-state index in [-0.39, 0.29) is 5.56 Å². The van der Waals surface area contributed by atoms with E-state index in [0.29, 0.717) is 12.3 Å². The highest BCUT2D eigenvalue weighted by atomic mass is 19.2. The number of aliphatic hydroxyl groups is 1. The molecule has 2 rings (SSSR count). The lowest BCUT2D eigenvalue weighted by Gasteiger charge is -2.16. The summed E-state index contributed by atoms with van der Waals surface area (Å²) >= 11 is 0. The molecule has 17 heavy (non-hydrogen) atoms. The molecule has 0 heterocycles. The van der Waals surface area contributed by atoms with Crippen molar-refractivity contribution in [1.29, 1.82) is 0 Å². The Balaban J connectivity index is 2.13. The molecular formula is C13H15F3O. The summed E-state index contributed by atoms with van der Waals surface area (Å²) in [7, 11) is 0. The Hall–Kier alpha value is -1.03. The average molecular weight is 244 g/mol. The molecule has 0 amide bonds. The highest BCUT2D eigenvalue weighted by Gasteiger charge is 2.23. The molecule has 0 bridgehead atoms. The summed E-state index contributed by atoms with van der Waals surface area (Å²) in [4.78, 5) is 0. The fourth-order valence-corrected chi connectivity index (χ4v) is 2.49. The van der Waals surface area contributed by atoms with Crippen LogP contribution in [0.25, 0.3) is 0 Å². The monoisotopic (exact) mass is 244 g/mol. The van der Waals surface area contributed by atoms with E-state index in [9.17, 15) is 18.3 Å². The smallest absolute Gasteiger partial charge is 0.194 e. The van der Waals surface area contributed by atoms with Crippen LogP contribution in [0.1, 0.15) is 43.8 Å². The quantitative estimate of drug-likeness (QED) is 0.803. The van der Waals surface area contributed by atoms with E-state index in [1.807, 2.05) is 0 Å². The van der Waals surface area contributed by atoms with Crippen molar-refractivity contribution in [1.82, 2.24) is 0 Å². The molecule has 1 unspecified atom stereocenters. The normalized spacial score (nSPS) is 18.6. The van der Waals surface area contributed by atoms with Gasteiger partial charge in [0.2, 0.25) is 0 Å². The standard InChI is InChI=1S/C13H15F3O/c14-10-6-5-9(12(15)13(10)16)11(17)7-8-3-1-2-4-8/h5-6,8,11,17H,1-4,7H2. The summed E-state index contributed by atoms with van der Waals surface area (Å²) in [6.07, 6.45) is 3.65. The predicted octanol–water partition coefficient (Wildman–Crippen LogP) is 3.72. The summed E-state index contributed by atoms with van der Waals surface area (Å²) in [5.41, 5.74) is -0.143. The number of rotatable bonds is 3. The molecule has 0 radical (unpaired) electrons. The van der Waals surface area contributed by atoms with Crippen molar-refractivity contribution < 1.29 is 18.3 Å². The van der Waals surface area contributed by atoms with Crippen molar-refractivity contribution in [3.8, 4) is 0 Å². The van der Waals surface area contributed by atoms with Crippen molar-refractivity contribution in [3.63, 3.8) is 0 Å². The molecule has 1 fully saturated rings. The molecule has 1 atom stereocenters. The third kappa shape index (κ3) is 2.63. The number of aliphatic hydroxyl groups excluding tert-OH is 1. The second kappa shape index (κ2) is 5.08. The second-order valence-corrected chi connectivity index (χ2v) is 4.67. The van der Waals surface area contributed by atoms with E-state index in [0.717, 1.165) is 37.8 Å². The van der Waals surface area contributed by atoms with Crippen LogP contribution < -0.4 is 0 Å². The molecule has 1 aliphatic rings. The van der Waals surface area contributed by atoms with Gasteiger partial charge in [0.25, 0.3) is 0 Å². The molecule has 1 saturated carbocycles. The summed E-state index contributed by atoms with van der Waals surface area (Å²) < 4.78 is 39.1. The van der Waals surface area contributed by atoms with Gasteiger partial charge in [-0.15, -0.1) is 0 Å². The van der Waals surface area contributed by atoms with Crippen molar-refractivity contribution in [2.75, 3.05) is 0 Å². The van der Waals surface area contributed by atoms with Gasteiger partial charge in [0, 0.05) is 5.56 Å². The molecule has 0 aromatic heterocycles. The van der Waals surface area contributed by atoms with Gasteiger partial charge in [-0.2, -0.15) is 0 Å². The highest BCUT2D eigenvalue weighted by Crippen LogP contribution is 2.34. The lowest BCUT2D eigenvalue weighted by atomic mass is 9.95. The zero-order valence-electron chi connectivity index (χ0n) is 9.43. The first-order valence-electron chi connectivity index (χ1n) is 5.91. The van der Waals surface area contributed by atoms with Crippen molar-refractivity contribution in [3.05, 3.63) is 35.1 Å². The SMILES string of the molecule is OC(CC1CCCC1)c1ccc(F)c(F)c1F. The Kier molecular flexibility index (Phi) is 3.72. The van der Waals surface area contributed by atoms with Crippen LogP contribution >= 0.6 is 0 Å². The van der Waals surface area contributed by atoms with Gasteiger partial charge < -0.3 is 5.11 Å². The van der Waals surface area contributed by atoms with Crippen LogP contribution in [0.5, 0.6) is 0 Å². The van der Waals surface area contributed by atoms with Gasteiger partial charge in [0.1, 0.15) is 0 Å². The molecule has 1 nitrogen and oxygen atoms in total. The van der Waals surface area contributed by atoms with Crippen LogP contribution in [-0.4, -0.2) is 5.11 Å². The van der Waals surface area contributed by atoms with E-state index in [4.69, 9.17) is 0 Å². The minimum Gasteiger partial charge on any atom is -0.388 e. The summed E-state index contributed by atoms with van der Waals surface area (Å²) in [6.45, 7) is 0. The minimum absolute atomic E-state index is 0.143. The third-order valence-electron chi connectivity index (χ3n) is 3.46. The van der Waals surface area contributed by atoms with Crippen LogP contribution in [-0.2, 0) is 0 Å². The number of hydrogen-bond donors (Lipinski definition) is 1. The molecule has 1 N–H and O–H groups in total. The van der Waals surface area contributed by atoms with Crippen LogP contribution in [0.4, 0.5) is 13.2 Å². The first-order valence-corrected chi connectivity index (χ1v) is 5.91. The van der Waals surface area contributed by atoms with Gasteiger partial charge >= 0.3 is 0 Å². The van der Waals surface area contributed by atoms with Crippen LogP contribution in [0.15, 0.2) is 12.1 Å². The topological polar surface area (TPSA) is 20.2 Å². The van der Waals surface area contributed by atoms with Gasteiger partial charge in [0.05, 0.1) is 6.10 Å². The van der Waals surface area contributed by atoms with Crippen molar-refractivity contribution >= 4 is 0 Å². The van der Waals surface area contributed by atoms with Gasteiger partial charge in [-0.05, 0) is 18.4 Å². The largest absolute Gasteiger partial charge is 0.388 e. The molecule has 0 saturated heterocycles. The minimum atomic E-state index is -1.51. The van der Waals surface area contributed by atoms with Crippen molar-refractivity contribution in [2.45, 2.75) is 38.2 Å². The van der Waals surface area contributed by atoms with Gasteiger partial charge in [-0.25, -0.2) is 13.2 Å². The summed E-state index contributed by atoms with van der Waals surface area (Å²) in [6, 6.07) is 1.97. The van der Waals surface area contributed by atoms with Gasteiger partial charge in [-0.3, -0.25) is 0 Å². The highest BCUT2D eigenvalue weighted by molar-refractivity contribution is 5.22. The van der Waals surface area contributed by atoms with Gasteiger partial charge in [-0.1, -0.05) is 31.7 Å². The average Bonchev–Trinajstić information content (AvgIpc) is 2.78. The lowest BCUT2D eigenvalue weighted by molar-refractivity contribution is 0.139. The summed E-state index contributed by atoms with van der Waals surface area (Å²) in [5, 5.41) is 9.85. The number of hydrogen-bond acceptors (Lipinski definition) is 1. The van der Waals surface area contributed by atoms with Crippen LogP contribution in [0, 0.1) is 23.4 Å². The Labute approximate surface area is 98.3 Å². The first-order chi connectivity index (χ1) is 8.09. The molecular weight excluding hydrogens is 229 g/mol. The predicted molar refractivity (Wildman–Crippen MR) is 57.9 cm³/mol. The summed E-state index contributed by atoms with van der Waals surface area (Å²) in [5.74, 6) is -3.64. The van der Waals surface area contributed by atoms with Gasteiger partial charge in [0.15, 0.2) is 17.5 Å². The van der Waals surface area contributed by atoms with E-state index in [1.165, 1.54) is 0 Å². The zero-order chi connectivity index (χ0) is 12.4. The van der Waals surface area contributed by atoms with Crippen LogP contribution in [0.3, 0.4) is 0 Å². The maximum Gasteiger partial charge on any atom is 0.194 e. The Morgan fingerprint density at radius 2 is 1.76 bits per heavy atom. The first kappa shape index (κ1) is 12.4. The number of halogens is 3. The third-order valence-corrected chi connectivity index (χ3v) is 3.46. The Morgan fingerprint density at radius 3 is 2.41 bits per heavy atom. The molecule has 94 valence electrons. The molecule has 1 aromatic rings. The Morgan fingerprint density at radius 1 is 1.12 bits per heavy atom.